The number of rotatable bonds is 5. The van der Waals surface area contributed by atoms with E-state index in [-0.39, 0.29) is 5.75 Å². The fourth-order valence-electron chi connectivity index (χ4n) is 0.958. The fraction of sp³-hybridized carbons (Fsp3) is 0.143. The largest absolute Gasteiger partial charge is 0.890 e. The Kier molecular flexibility index (Phi) is 3.17. The van der Waals surface area contributed by atoms with Crippen molar-refractivity contribution in [3.63, 3.8) is 0 Å². The zero-order valence-corrected chi connectivity index (χ0v) is 8.09. The van der Waals surface area contributed by atoms with Crippen LogP contribution in [0.5, 0.6) is 5.75 Å². The van der Waals surface area contributed by atoms with Crippen LogP contribution in [-0.2, 0) is 0 Å². The van der Waals surface area contributed by atoms with E-state index in [0.29, 0.717) is 0 Å². The molecule has 0 amide bonds. The summed E-state index contributed by atoms with van der Waals surface area (Å²) in [5.74, 6) is -4.28. The molecule has 10 heteroatoms. The summed E-state index contributed by atoms with van der Waals surface area (Å²) in [7, 11) is 0. The standard InChI is InChI=1S/C7H5N3O7/c11-8(12)7(9(13)14,10(15)16)17-6-4-2-1-3-5-6/h1-5H. The van der Waals surface area contributed by atoms with Gasteiger partial charge in [0.2, 0.25) is 14.8 Å². The van der Waals surface area contributed by atoms with Gasteiger partial charge in [0.25, 0.3) is 0 Å². The minimum absolute atomic E-state index is 0.349. The second-order valence-corrected chi connectivity index (χ2v) is 2.76. The summed E-state index contributed by atoms with van der Waals surface area (Å²) in [6.07, 6.45) is 0. The maximum atomic E-state index is 10.5. The molecule has 0 N–H and O–H groups in total. The second-order valence-electron chi connectivity index (χ2n) is 2.76. The Labute approximate surface area is 92.9 Å². The normalized spacial score (nSPS) is 10.6. The minimum Gasteiger partial charge on any atom is -0.307 e. The molecule has 0 heterocycles. The van der Waals surface area contributed by atoms with Crippen molar-refractivity contribution >= 4 is 0 Å². The maximum Gasteiger partial charge on any atom is 0.890 e. The first kappa shape index (κ1) is 12.3. The fourth-order valence-corrected chi connectivity index (χ4v) is 0.958. The lowest BCUT2D eigenvalue weighted by atomic mass is 10.3. The van der Waals surface area contributed by atoms with Crippen molar-refractivity contribution in [2.24, 2.45) is 0 Å². The number of hydrogen-bond acceptors (Lipinski definition) is 7. The zero-order chi connectivity index (χ0) is 13.1. The molecular weight excluding hydrogens is 238 g/mol. The van der Waals surface area contributed by atoms with Gasteiger partial charge in [0, 0.05) is 0 Å². The quantitative estimate of drug-likeness (QED) is 0.416. The Morgan fingerprint density at radius 3 is 1.65 bits per heavy atom. The summed E-state index contributed by atoms with van der Waals surface area (Å²) in [6, 6.07) is 6.50. The van der Waals surface area contributed by atoms with Crippen LogP contribution in [0.1, 0.15) is 0 Å². The molecule has 1 aromatic carbocycles. The Bertz CT molecular complexity index is 424. The third-order valence-electron chi connectivity index (χ3n) is 1.71. The highest BCUT2D eigenvalue weighted by molar-refractivity contribution is 5.21. The van der Waals surface area contributed by atoms with Gasteiger partial charge < -0.3 is 4.74 Å². The van der Waals surface area contributed by atoms with Crippen molar-refractivity contribution in [1.29, 1.82) is 0 Å². The molecule has 0 fully saturated rings. The highest BCUT2D eigenvalue weighted by atomic mass is 16.8. The van der Waals surface area contributed by atoms with Gasteiger partial charge in [-0.05, 0) is 12.1 Å². The highest BCUT2D eigenvalue weighted by Gasteiger charge is 2.76. The molecule has 1 aromatic rings. The summed E-state index contributed by atoms with van der Waals surface area (Å²) < 4.78 is 4.29. The molecule has 0 spiro atoms. The first-order valence-electron chi connectivity index (χ1n) is 4.09. The molecule has 17 heavy (non-hydrogen) atoms. The predicted octanol–water partition coefficient (Wildman–Crippen LogP) is 0.507. The zero-order valence-electron chi connectivity index (χ0n) is 8.09. The number of hydrogen-bond donors (Lipinski definition) is 0. The van der Waals surface area contributed by atoms with Crippen molar-refractivity contribution in [3.05, 3.63) is 60.7 Å². The average molecular weight is 243 g/mol. The molecule has 1 rings (SSSR count). The van der Waals surface area contributed by atoms with Gasteiger partial charge in [-0.3, -0.25) is 0 Å². The van der Waals surface area contributed by atoms with E-state index >= 15 is 0 Å². The number of nitro groups is 3. The summed E-state index contributed by atoms with van der Waals surface area (Å²) in [4.78, 5) is 26.4. The van der Waals surface area contributed by atoms with E-state index in [4.69, 9.17) is 0 Å². The summed E-state index contributed by atoms with van der Waals surface area (Å²) in [5.41, 5.74) is 0. The lowest BCUT2D eigenvalue weighted by Crippen LogP contribution is -2.57. The number of nitrogens with zero attached hydrogens (tertiary/aromatic N) is 3. The first-order valence-corrected chi connectivity index (χ1v) is 4.09. The smallest absolute Gasteiger partial charge is 0.307 e. The van der Waals surface area contributed by atoms with E-state index in [0.717, 1.165) is 12.1 Å². The summed E-state index contributed by atoms with van der Waals surface area (Å²) in [6.45, 7) is 0. The molecule has 0 unspecified atom stereocenters. The van der Waals surface area contributed by atoms with E-state index in [2.05, 4.69) is 4.74 Å². The summed E-state index contributed by atoms with van der Waals surface area (Å²) in [5, 5.41) is 31.5. The third-order valence-corrected chi connectivity index (χ3v) is 1.71. The summed E-state index contributed by atoms with van der Waals surface area (Å²) >= 11 is 0. The average Bonchev–Trinajstić information content (AvgIpc) is 2.25. The first-order chi connectivity index (χ1) is 7.91. The molecule has 0 aliphatic carbocycles. The molecule has 0 bridgehead atoms. The molecule has 0 aliphatic rings. The van der Waals surface area contributed by atoms with Crippen molar-refractivity contribution in [2.75, 3.05) is 0 Å². The van der Waals surface area contributed by atoms with Gasteiger partial charge in [0.1, 0.15) is 5.75 Å². The van der Waals surface area contributed by atoms with Crippen LogP contribution in [0.25, 0.3) is 0 Å². The van der Waals surface area contributed by atoms with Crippen molar-refractivity contribution in [3.8, 4) is 5.75 Å². The van der Waals surface area contributed by atoms with Crippen LogP contribution in [0.4, 0.5) is 0 Å². The van der Waals surface area contributed by atoms with Gasteiger partial charge in [-0.25, -0.2) is 30.3 Å². The maximum absolute atomic E-state index is 10.5. The lowest BCUT2D eigenvalue weighted by molar-refractivity contribution is -1.01. The molecule has 10 nitrogen and oxygen atoms in total. The van der Waals surface area contributed by atoms with Crippen molar-refractivity contribution in [2.45, 2.75) is 5.97 Å². The minimum atomic E-state index is -3.93. The number of benzene rings is 1. The topological polar surface area (TPSA) is 139 Å². The molecule has 0 aliphatic heterocycles. The number of ether oxygens (including phenoxy) is 1. The molecule has 90 valence electrons. The molecular formula is C7H5N3O7. The molecule has 0 atom stereocenters. The van der Waals surface area contributed by atoms with Crippen LogP contribution in [-0.4, -0.2) is 20.7 Å². The van der Waals surface area contributed by atoms with Crippen LogP contribution >= 0.6 is 0 Å². The van der Waals surface area contributed by atoms with E-state index in [9.17, 15) is 30.3 Å². The van der Waals surface area contributed by atoms with Crippen LogP contribution < -0.4 is 4.74 Å². The SMILES string of the molecule is O=[N+]([O-])C(Oc1ccccc1)([N+](=O)[O-])[N+](=O)[O-]. The van der Waals surface area contributed by atoms with Gasteiger partial charge in [-0.1, -0.05) is 18.2 Å². The monoisotopic (exact) mass is 243 g/mol. The number of para-hydroxylation sites is 1. The van der Waals surface area contributed by atoms with E-state index in [1.165, 1.54) is 18.2 Å². The van der Waals surface area contributed by atoms with Gasteiger partial charge >= 0.3 is 5.97 Å². The highest BCUT2D eigenvalue weighted by Crippen LogP contribution is 2.20. The Hall–Kier alpha value is -2.78. The van der Waals surface area contributed by atoms with Gasteiger partial charge in [-0.2, -0.15) is 0 Å². The van der Waals surface area contributed by atoms with Crippen LogP contribution in [0, 0.1) is 30.3 Å². The van der Waals surface area contributed by atoms with Crippen LogP contribution in [0.3, 0.4) is 0 Å². The predicted molar refractivity (Wildman–Crippen MR) is 50.8 cm³/mol. The van der Waals surface area contributed by atoms with E-state index in [1.807, 2.05) is 0 Å². The molecule has 0 saturated carbocycles. The van der Waals surface area contributed by atoms with Gasteiger partial charge in [0.05, 0.1) is 0 Å². The lowest BCUT2D eigenvalue weighted by Gasteiger charge is -2.08. The van der Waals surface area contributed by atoms with Crippen LogP contribution in [0.15, 0.2) is 30.3 Å². The van der Waals surface area contributed by atoms with E-state index in [1.54, 1.807) is 0 Å². The van der Waals surface area contributed by atoms with E-state index < -0.39 is 20.7 Å². The van der Waals surface area contributed by atoms with Crippen molar-refractivity contribution in [1.82, 2.24) is 0 Å². The van der Waals surface area contributed by atoms with Crippen LogP contribution in [0.2, 0.25) is 0 Å². The molecule has 0 aromatic heterocycles. The Morgan fingerprint density at radius 2 is 1.29 bits per heavy atom. The Balaban J connectivity index is 3.21. The van der Waals surface area contributed by atoms with Gasteiger partial charge in [-0.15, -0.1) is 0 Å². The van der Waals surface area contributed by atoms with Crippen molar-refractivity contribution < 1.29 is 19.5 Å². The third kappa shape index (κ3) is 2.09. The second kappa shape index (κ2) is 4.38. The molecule has 0 saturated heterocycles. The Morgan fingerprint density at radius 1 is 0.882 bits per heavy atom. The molecule has 0 radical (unpaired) electrons. The van der Waals surface area contributed by atoms with Gasteiger partial charge in [0.15, 0.2) is 0 Å².